The molecule has 1 aromatic heterocycles. The number of hydrogen-bond donors (Lipinski definition) is 2. The molecule has 0 saturated heterocycles. The SMILES string of the molecule is O=C(CCc1ccnc2ccccc12)NC1CCC(C(=O)O)CC1. The normalized spacial score (nSPS) is 20.7. The summed E-state index contributed by atoms with van der Waals surface area (Å²) in [5.74, 6) is -0.930. The van der Waals surface area contributed by atoms with Crippen LogP contribution in [-0.4, -0.2) is 28.0 Å². The summed E-state index contributed by atoms with van der Waals surface area (Å²) in [5, 5.41) is 13.2. The van der Waals surface area contributed by atoms with Crippen LogP contribution >= 0.6 is 0 Å². The van der Waals surface area contributed by atoms with E-state index in [4.69, 9.17) is 5.11 Å². The van der Waals surface area contributed by atoms with Crippen molar-refractivity contribution in [1.82, 2.24) is 10.3 Å². The Morgan fingerprint density at radius 2 is 1.88 bits per heavy atom. The van der Waals surface area contributed by atoms with Gasteiger partial charge >= 0.3 is 5.97 Å². The van der Waals surface area contributed by atoms with Gasteiger partial charge in [0.2, 0.25) is 5.91 Å². The van der Waals surface area contributed by atoms with Crippen LogP contribution in [0.15, 0.2) is 36.5 Å². The topological polar surface area (TPSA) is 79.3 Å². The Balaban J connectivity index is 1.52. The molecule has 1 heterocycles. The number of benzene rings is 1. The Morgan fingerprint density at radius 3 is 2.62 bits per heavy atom. The van der Waals surface area contributed by atoms with Crippen molar-refractivity contribution in [3.05, 3.63) is 42.1 Å². The third-order valence-electron chi connectivity index (χ3n) is 4.80. The molecule has 0 unspecified atom stereocenters. The van der Waals surface area contributed by atoms with Gasteiger partial charge in [-0.2, -0.15) is 0 Å². The van der Waals surface area contributed by atoms with E-state index in [1.165, 1.54) is 0 Å². The third kappa shape index (κ3) is 3.91. The molecule has 0 bridgehead atoms. The first-order valence-electron chi connectivity index (χ1n) is 8.48. The zero-order chi connectivity index (χ0) is 16.9. The maximum absolute atomic E-state index is 12.2. The van der Waals surface area contributed by atoms with Crippen molar-refractivity contribution in [1.29, 1.82) is 0 Å². The number of nitrogens with one attached hydrogen (secondary N) is 1. The molecule has 5 nitrogen and oxygen atoms in total. The second-order valence-corrected chi connectivity index (χ2v) is 6.44. The minimum Gasteiger partial charge on any atom is -0.481 e. The van der Waals surface area contributed by atoms with Gasteiger partial charge in [-0.3, -0.25) is 14.6 Å². The van der Waals surface area contributed by atoms with Crippen LogP contribution in [0, 0.1) is 5.92 Å². The van der Waals surface area contributed by atoms with E-state index in [1.54, 1.807) is 6.20 Å². The molecule has 0 atom stereocenters. The number of nitrogens with zero attached hydrogens (tertiary/aromatic N) is 1. The lowest BCUT2D eigenvalue weighted by atomic mass is 9.86. The quantitative estimate of drug-likeness (QED) is 0.885. The van der Waals surface area contributed by atoms with Gasteiger partial charge in [-0.25, -0.2) is 0 Å². The van der Waals surface area contributed by atoms with E-state index in [-0.39, 0.29) is 17.9 Å². The second kappa shape index (κ2) is 7.43. The fourth-order valence-electron chi connectivity index (χ4n) is 3.41. The van der Waals surface area contributed by atoms with Gasteiger partial charge < -0.3 is 10.4 Å². The Hall–Kier alpha value is -2.43. The Kier molecular flexibility index (Phi) is 5.08. The lowest BCUT2D eigenvalue weighted by Gasteiger charge is -2.26. The number of pyridine rings is 1. The molecule has 0 spiro atoms. The number of para-hydroxylation sites is 1. The highest BCUT2D eigenvalue weighted by Gasteiger charge is 2.26. The largest absolute Gasteiger partial charge is 0.481 e. The van der Waals surface area contributed by atoms with Gasteiger partial charge in [0, 0.05) is 24.0 Å². The number of aliphatic carboxylic acids is 1. The molecule has 0 aliphatic heterocycles. The van der Waals surface area contributed by atoms with E-state index >= 15 is 0 Å². The smallest absolute Gasteiger partial charge is 0.306 e. The molecule has 1 aliphatic rings. The minimum atomic E-state index is -0.718. The van der Waals surface area contributed by atoms with Crippen LogP contribution in [0.25, 0.3) is 10.9 Å². The van der Waals surface area contributed by atoms with Gasteiger partial charge in [0.05, 0.1) is 11.4 Å². The van der Waals surface area contributed by atoms with Gasteiger partial charge in [0.1, 0.15) is 0 Å². The zero-order valence-corrected chi connectivity index (χ0v) is 13.6. The number of aryl methyl sites for hydroxylation is 1. The Morgan fingerprint density at radius 1 is 1.12 bits per heavy atom. The predicted octanol–water partition coefficient (Wildman–Crippen LogP) is 2.93. The summed E-state index contributed by atoms with van der Waals surface area (Å²) in [6.45, 7) is 0. The van der Waals surface area contributed by atoms with E-state index < -0.39 is 5.97 Å². The number of fused-ring (bicyclic) bond motifs is 1. The van der Waals surface area contributed by atoms with Crippen molar-refractivity contribution in [3.63, 3.8) is 0 Å². The van der Waals surface area contributed by atoms with E-state index in [1.807, 2.05) is 30.3 Å². The van der Waals surface area contributed by atoms with Crippen molar-refractivity contribution in [2.45, 2.75) is 44.6 Å². The fraction of sp³-hybridized carbons (Fsp3) is 0.421. The van der Waals surface area contributed by atoms with Crippen LogP contribution in [0.4, 0.5) is 0 Å². The molecule has 5 heteroatoms. The highest BCUT2D eigenvalue weighted by molar-refractivity contribution is 5.83. The maximum Gasteiger partial charge on any atom is 0.306 e. The number of hydrogen-bond acceptors (Lipinski definition) is 3. The number of carboxylic acids is 1. The van der Waals surface area contributed by atoms with E-state index in [0.717, 1.165) is 29.3 Å². The van der Waals surface area contributed by atoms with E-state index in [0.29, 0.717) is 25.7 Å². The van der Waals surface area contributed by atoms with Crippen molar-refractivity contribution in [2.75, 3.05) is 0 Å². The van der Waals surface area contributed by atoms with Crippen LogP contribution in [0.3, 0.4) is 0 Å². The fourth-order valence-corrected chi connectivity index (χ4v) is 3.41. The summed E-state index contributed by atoms with van der Waals surface area (Å²) in [6.07, 6.45) is 5.70. The number of rotatable bonds is 5. The van der Waals surface area contributed by atoms with Crippen LogP contribution in [-0.2, 0) is 16.0 Å². The summed E-state index contributed by atoms with van der Waals surface area (Å²) in [4.78, 5) is 27.5. The van der Waals surface area contributed by atoms with Gasteiger partial charge in [-0.1, -0.05) is 18.2 Å². The number of amides is 1. The second-order valence-electron chi connectivity index (χ2n) is 6.44. The number of carbonyl (C=O) groups excluding carboxylic acids is 1. The molecule has 1 aromatic carbocycles. The van der Waals surface area contributed by atoms with Crippen molar-refractivity contribution in [3.8, 4) is 0 Å². The van der Waals surface area contributed by atoms with Gasteiger partial charge in [-0.15, -0.1) is 0 Å². The molecule has 2 N–H and O–H groups in total. The average Bonchev–Trinajstić information content (AvgIpc) is 2.60. The van der Waals surface area contributed by atoms with Crippen molar-refractivity contribution < 1.29 is 14.7 Å². The highest BCUT2D eigenvalue weighted by Crippen LogP contribution is 2.24. The lowest BCUT2D eigenvalue weighted by molar-refractivity contribution is -0.142. The number of carbonyl (C=O) groups is 2. The monoisotopic (exact) mass is 326 g/mol. The van der Waals surface area contributed by atoms with Crippen molar-refractivity contribution in [2.24, 2.45) is 5.92 Å². The zero-order valence-electron chi connectivity index (χ0n) is 13.6. The summed E-state index contributed by atoms with van der Waals surface area (Å²) >= 11 is 0. The maximum atomic E-state index is 12.2. The molecule has 1 aliphatic carbocycles. The van der Waals surface area contributed by atoms with Crippen LogP contribution in [0.1, 0.15) is 37.7 Å². The molecule has 3 rings (SSSR count). The summed E-state index contributed by atoms with van der Waals surface area (Å²) in [5.41, 5.74) is 2.08. The first-order valence-corrected chi connectivity index (χ1v) is 8.48. The average molecular weight is 326 g/mol. The van der Waals surface area contributed by atoms with Crippen LogP contribution in [0.5, 0.6) is 0 Å². The molecular formula is C19H22N2O3. The number of aromatic nitrogens is 1. The summed E-state index contributed by atoms with van der Waals surface area (Å²) < 4.78 is 0. The minimum absolute atomic E-state index is 0.0367. The summed E-state index contributed by atoms with van der Waals surface area (Å²) in [7, 11) is 0. The van der Waals surface area contributed by atoms with Crippen molar-refractivity contribution >= 4 is 22.8 Å². The highest BCUT2D eigenvalue weighted by atomic mass is 16.4. The number of carboxylic acid groups (broad SMARTS) is 1. The van der Waals surface area contributed by atoms with Crippen LogP contribution < -0.4 is 5.32 Å². The third-order valence-corrected chi connectivity index (χ3v) is 4.80. The van der Waals surface area contributed by atoms with E-state index in [9.17, 15) is 9.59 Å². The summed E-state index contributed by atoms with van der Waals surface area (Å²) in [6, 6.07) is 10.0. The molecule has 24 heavy (non-hydrogen) atoms. The molecule has 126 valence electrons. The molecule has 1 amide bonds. The Labute approximate surface area is 141 Å². The lowest BCUT2D eigenvalue weighted by Crippen LogP contribution is -2.38. The first kappa shape index (κ1) is 16.4. The predicted molar refractivity (Wildman–Crippen MR) is 91.6 cm³/mol. The van der Waals surface area contributed by atoms with E-state index in [2.05, 4.69) is 10.3 Å². The first-order chi connectivity index (χ1) is 11.6. The Bertz CT molecular complexity index is 731. The van der Waals surface area contributed by atoms with Gasteiger partial charge in [0.15, 0.2) is 0 Å². The van der Waals surface area contributed by atoms with Gasteiger partial charge in [0.25, 0.3) is 0 Å². The molecular weight excluding hydrogens is 304 g/mol. The standard InChI is InChI=1S/C19H22N2O3/c22-18(21-15-8-5-14(6-9-15)19(23)24)10-7-13-11-12-20-17-4-2-1-3-16(13)17/h1-4,11-12,14-15H,5-10H2,(H,21,22)(H,23,24). The van der Waals surface area contributed by atoms with Crippen LogP contribution in [0.2, 0.25) is 0 Å². The van der Waals surface area contributed by atoms with Gasteiger partial charge in [-0.05, 0) is 49.8 Å². The molecule has 1 saturated carbocycles. The molecule has 1 fully saturated rings. The molecule has 2 aromatic rings. The molecule has 0 radical (unpaired) electrons.